The molecule has 0 aliphatic carbocycles. The smallest absolute Gasteiger partial charge is 0.230 e. The fourth-order valence-electron chi connectivity index (χ4n) is 2.27. The Morgan fingerprint density at radius 2 is 2.09 bits per heavy atom. The summed E-state index contributed by atoms with van der Waals surface area (Å²) in [6.45, 7) is 8.52. The number of hydrogen-bond donors (Lipinski definition) is 2. The van der Waals surface area contributed by atoms with Gasteiger partial charge in [-0.3, -0.25) is 4.79 Å². The maximum Gasteiger partial charge on any atom is 0.230 e. The van der Waals surface area contributed by atoms with Crippen LogP contribution in [0, 0.1) is 12.8 Å². The molecule has 4 nitrogen and oxygen atoms in total. The lowest BCUT2D eigenvalue weighted by Gasteiger charge is -2.14. The van der Waals surface area contributed by atoms with E-state index >= 15 is 0 Å². The van der Waals surface area contributed by atoms with Gasteiger partial charge in [0.1, 0.15) is 0 Å². The first-order valence-electron chi connectivity index (χ1n) is 7.82. The molecule has 0 aliphatic heterocycles. The van der Waals surface area contributed by atoms with E-state index in [2.05, 4.69) is 49.0 Å². The summed E-state index contributed by atoms with van der Waals surface area (Å²) >= 11 is 1.45. The number of fused-ring (bicyclic) bond motifs is 1. The maximum atomic E-state index is 12.0. The van der Waals surface area contributed by atoms with Gasteiger partial charge in [-0.1, -0.05) is 31.7 Å². The number of benzene rings is 1. The van der Waals surface area contributed by atoms with Crippen molar-refractivity contribution >= 4 is 28.7 Å². The Hall–Kier alpha value is -1.49. The van der Waals surface area contributed by atoms with Gasteiger partial charge in [0.15, 0.2) is 5.16 Å². The van der Waals surface area contributed by atoms with Crippen molar-refractivity contribution in [3.8, 4) is 0 Å². The van der Waals surface area contributed by atoms with Gasteiger partial charge in [0.2, 0.25) is 5.91 Å². The highest BCUT2D eigenvalue weighted by atomic mass is 32.2. The van der Waals surface area contributed by atoms with Crippen LogP contribution in [0.4, 0.5) is 0 Å². The normalized spacial score (nSPS) is 12.8. The molecule has 0 aliphatic rings. The van der Waals surface area contributed by atoms with E-state index in [9.17, 15) is 4.79 Å². The molecule has 0 bridgehead atoms. The van der Waals surface area contributed by atoms with E-state index in [0.29, 0.717) is 11.7 Å². The Balaban J connectivity index is 1.82. The van der Waals surface area contributed by atoms with Gasteiger partial charge in [-0.15, -0.1) is 0 Å². The topological polar surface area (TPSA) is 57.8 Å². The summed E-state index contributed by atoms with van der Waals surface area (Å²) in [5.41, 5.74) is 3.16. The van der Waals surface area contributed by atoms with E-state index in [4.69, 9.17) is 0 Å². The number of rotatable bonds is 7. The molecule has 0 fully saturated rings. The molecule has 0 spiro atoms. The van der Waals surface area contributed by atoms with Crippen molar-refractivity contribution < 1.29 is 4.79 Å². The first-order valence-corrected chi connectivity index (χ1v) is 8.81. The second-order valence-corrected chi connectivity index (χ2v) is 7.26. The van der Waals surface area contributed by atoms with Crippen molar-refractivity contribution in [2.75, 3.05) is 5.75 Å². The molecule has 0 radical (unpaired) electrons. The molecule has 1 aromatic heterocycles. The van der Waals surface area contributed by atoms with Crippen LogP contribution in [0.5, 0.6) is 0 Å². The lowest BCUT2D eigenvalue weighted by atomic mass is 10.0. The zero-order valence-corrected chi connectivity index (χ0v) is 14.6. The quantitative estimate of drug-likeness (QED) is 0.761. The van der Waals surface area contributed by atoms with Gasteiger partial charge in [-0.2, -0.15) is 0 Å². The summed E-state index contributed by atoms with van der Waals surface area (Å²) in [6.07, 6.45) is 2.16. The van der Waals surface area contributed by atoms with Crippen LogP contribution < -0.4 is 5.32 Å². The molecular weight excluding hydrogens is 294 g/mol. The largest absolute Gasteiger partial charge is 0.353 e. The average molecular weight is 319 g/mol. The lowest BCUT2D eigenvalue weighted by molar-refractivity contribution is -0.119. The van der Waals surface area contributed by atoms with Crippen LogP contribution in [0.25, 0.3) is 11.0 Å². The summed E-state index contributed by atoms with van der Waals surface area (Å²) in [7, 11) is 0. The predicted molar refractivity (Wildman–Crippen MR) is 93.2 cm³/mol. The number of carbonyl (C=O) groups excluding carboxylic acids is 1. The highest BCUT2D eigenvalue weighted by Gasteiger charge is 2.10. The third-order valence-corrected chi connectivity index (χ3v) is 4.41. The van der Waals surface area contributed by atoms with Gasteiger partial charge in [-0.05, 0) is 50.3 Å². The fraction of sp³-hybridized carbons (Fsp3) is 0.529. The monoisotopic (exact) mass is 319 g/mol. The van der Waals surface area contributed by atoms with E-state index < -0.39 is 0 Å². The Bertz CT molecular complexity index is 636. The van der Waals surface area contributed by atoms with Crippen LogP contribution in [-0.2, 0) is 4.79 Å². The number of aromatic nitrogens is 2. The zero-order chi connectivity index (χ0) is 16.1. The van der Waals surface area contributed by atoms with Crippen molar-refractivity contribution in [3.05, 3.63) is 23.8 Å². The van der Waals surface area contributed by atoms with Gasteiger partial charge in [0, 0.05) is 6.04 Å². The van der Waals surface area contributed by atoms with E-state index in [1.807, 2.05) is 12.1 Å². The second kappa shape index (κ2) is 7.68. The van der Waals surface area contributed by atoms with Gasteiger partial charge < -0.3 is 10.3 Å². The number of imidazole rings is 1. The molecule has 1 aromatic carbocycles. The molecule has 2 aromatic rings. The summed E-state index contributed by atoms with van der Waals surface area (Å²) < 4.78 is 0. The van der Waals surface area contributed by atoms with Crippen molar-refractivity contribution in [1.29, 1.82) is 0 Å². The van der Waals surface area contributed by atoms with E-state index in [-0.39, 0.29) is 11.9 Å². The minimum atomic E-state index is 0.0675. The van der Waals surface area contributed by atoms with Crippen LogP contribution in [0.3, 0.4) is 0 Å². The van der Waals surface area contributed by atoms with E-state index in [0.717, 1.165) is 29.0 Å². The highest BCUT2D eigenvalue weighted by Crippen LogP contribution is 2.20. The minimum absolute atomic E-state index is 0.0675. The van der Waals surface area contributed by atoms with Crippen LogP contribution in [0.2, 0.25) is 0 Å². The number of amides is 1. The number of nitrogens with zero attached hydrogens (tertiary/aromatic N) is 1. The van der Waals surface area contributed by atoms with Gasteiger partial charge in [0.25, 0.3) is 0 Å². The van der Waals surface area contributed by atoms with Crippen molar-refractivity contribution in [1.82, 2.24) is 15.3 Å². The number of aromatic amines is 1. The molecule has 0 saturated heterocycles. The van der Waals surface area contributed by atoms with Crippen molar-refractivity contribution in [2.24, 2.45) is 5.92 Å². The number of carbonyl (C=O) groups is 1. The molecule has 0 saturated carbocycles. The molecule has 120 valence electrons. The molecule has 5 heteroatoms. The third kappa shape index (κ3) is 5.05. The Labute approximate surface area is 136 Å². The first kappa shape index (κ1) is 16.9. The molecule has 2 N–H and O–H groups in total. The molecule has 2 rings (SSSR count). The molecule has 0 unspecified atom stereocenters. The number of hydrogen-bond acceptors (Lipinski definition) is 3. The minimum Gasteiger partial charge on any atom is -0.353 e. The summed E-state index contributed by atoms with van der Waals surface area (Å²) in [5.74, 6) is 1.13. The van der Waals surface area contributed by atoms with Gasteiger partial charge in [0.05, 0.1) is 16.8 Å². The van der Waals surface area contributed by atoms with Crippen LogP contribution >= 0.6 is 11.8 Å². The average Bonchev–Trinajstić information content (AvgIpc) is 2.85. The molecule has 1 amide bonds. The highest BCUT2D eigenvalue weighted by molar-refractivity contribution is 7.99. The Morgan fingerprint density at radius 1 is 1.32 bits per heavy atom. The van der Waals surface area contributed by atoms with E-state index in [1.165, 1.54) is 17.3 Å². The van der Waals surface area contributed by atoms with Crippen LogP contribution in [-0.4, -0.2) is 27.7 Å². The van der Waals surface area contributed by atoms with Crippen LogP contribution in [0.15, 0.2) is 23.4 Å². The molecule has 1 atom stereocenters. The summed E-state index contributed by atoms with van der Waals surface area (Å²) in [5, 5.41) is 3.84. The standard InChI is InChI=1S/C17H25N3OS/c1-11(2)5-7-13(4)18-16(21)10-22-17-19-14-8-6-12(3)9-15(14)20-17/h6,8-9,11,13H,5,7,10H2,1-4H3,(H,18,21)(H,19,20)/t13-/m1/s1. The van der Waals surface area contributed by atoms with Crippen molar-refractivity contribution in [3.63, 3.8) is 0 Å². The molecule has 1 heterocycles. The molecule has 22 heavy (non-hydrogen) atoms. The zero-order valence-electron chi connectivity index (χ0n) is 13.8. The third-order valence-electron chi connectivity index (χ3n) is 3.54. The Kier molecular flexibility index (Phi) is 5.89. The first-order chi connectivity index (χ1) is 10.4. The summed E-state index contributed by atoms with van der Waals surface area (Å²) in [6, 6.07) is 6.34. The second-order valence-electron chi connectivity index (χ2n) is 6.29. The van der Waals surface area contributed by atoms with Crippen molar-refractivity contribution in [2.45, 2.75) is 51.7 Å². The number of nitrogens with one attached hydrogen (secondary N) is 2. The number of H-pyrrole nitrogens is 1. The number of aryl methyl sites for hydroxylation is 1. The Morgan fingerprint density at radius 3 is 2.82 bits per heavy atom. The van der Waals surface area contributed by atoms with Crippen LogP contribution in [0.1, 0.15) is 39.2 Å². The summed E-state index contributed by atoms with van der Waals surface area (Å²) in [4.78, 5) is 19.7. The number of thioether (sulfide) groups is 1. The fourth-order valence-corrected chi connectivity index (χ4v) is 2.97. The van der Waals surface area contributed by atoms with Gasteiger partial charge in [-0.25, -0.2) is 4.98 Å². The maximum absolute atomic E-state index is 12.0. The van der Waals surface area contributed by atoms with E-state index in [1.54, 1.807) is 0 Å². The molecular formula is C17H25N3OS. The lowest BCUT2D eigenvalue weighted by Crippen LogP contribution is -2.34. The SMILES string of the molecule is Cc1ccc2nc(SCC(=O)N[C@H](C)CCC(C)C)[nH]c2c1. The van der Waals surface area contributed by atoms with Gasteiger partial charge >= 0.3 is 0 Å². The predicted octanol–water partition coefficient (Wildman–Crippen LogP) is 3.90.